The monoisotopic (exact) mass is 254 g/mol. The quantitative estimate of drug-likeness (QED) is 0.731. The molecule has 4 heteroatoms. The molecule has 1 rings (SSSR count). The average molecular weight is 255 g/mol. The normalized spacial score (nSPS) is 11.8. The van der Waals surface area contributed by atoms with Crippen molar-refractivity contribution < 1.29 is 4.79 Å². The molecule has 0 radical (unpaired) electrons. The highest BCUT2D eigenvalue weighted by Gasteiger charge is 2.27. The van der Waals surface area contributed by atoms with E-state index in [1.165, 1.54) is 5.56 Å². The third-order valence-corrected chi connectivity index (χ3v) is 3.24. The van der Waals surface area contributed by atoms with Crippen LogP contribution in [0.25, 0.3) is 0 Å². The lowest BCUT2D eigenvalue weighted by atomic mass is 9.95. The van der Waals surface area contributed by atoms with E-state index in [0.717, 1.165) is 13.0 Å². The van der Waals surface area contributed by atoms with Gasteiger partial charge in [-0.15, -0.1) is 0 Å². The third kappa shape index (κ3) is 4.84. The van der Waals surface area contributed by atoms with Gasteiger partial charge in [0.1, 0.15) is 0 Å². The molecule has 0 N–H and O–H groups in total. The van der Waals surface area contributed by atoms with Crippen molar-refractivity contribution in [3.63, 3.8) is 0 Å². The van der Waals surface area contributed by atoms with Gasteiger partial charge in [0.15, 0.2) is 0 Å². The van der Waals surface area contributed by atoms with Gasteiger partial charge in [0, 0.05) is 25.5 Å². The summed E-state index contributed by atoms with van der Waals surface area (Å²) < 4.78 is 0. The standard InChI is InChI=1S/C13H19ClN2O/c1-13(2,12(14)17)10-16(3)9-6-11-4-7-15-8-5-11/h4-5,7-8H,6,9-10H2,1-3H3. The number of carbonyl (C=O) groups excluding carboxylic acids is 1. The van der Waals surface area contributed by atoms with Crippen molar-refractivity contribution in [3.8, 4) is 0 Å². The van der Waals surface area contributed by atoms with E-state index in [9.17, 15) is 4.79 Å². The summed E-state index contributed by atoms with van der Waals surface area (Å²) >= 11 is 5.56. The number of rotatable bonds is 6. The van der Waals surface area contributed by atoms with Gasteiger partial charge in [-0.3, -0.25) is 9.78 Å². The molecule has 0 fully saturated rings. The zero-order chi connectivity index (χ0) is 12.9. The topological polar surface area (TPSA) is 33.2 Å². The summed E-state index contributed by atoms with van der Waals surface area (Å²) in [7, 11) is 2.00. The molecule has 0 bridgehead atoms. The van der Waals surface area contributed by atoms with Crippen LogP contribution in [0, 0.1) is 5.41 Å². The molecule has 1 aromatic heterocycles. The number of hydrogen-bond acceptors (Lipinski definition) is 3. The van der Waals surface area contributed by atoms with Crippen LogP contribution in [0.5, 0.6) is 0 Å². The summed E-state index contributed by atoms with van der Waals surface area (Å²) in [5.41, 5.74) is 0.760. The molecule has 0 aliphatic carbocycles. The summed E-state index contributed by atoms with van der Waals surface area (Å²) in [5.74, 6) is 0. The second-order valence-electron chi connectivity index (χ2n) is 5.00. The van der Waals surface area contributed by atoms with E-state index in [1.54, 1.807) is 12.4 Å². The van der Waals surface area contributed by atoms with Crippen molar-refractivity contribution in [1.82, 2.24) is 9.88 Å². The molecule has 0 amide bonds. The van der Waals surface area contributed by atoms with Gasteiger partial charge in [0.2, 0.25) is 5.24 Å². The molecular weight excluding hydrogens is 236 g/mol. The first-order valence-electron chi connectivity index (χ1n) is 5.69. The van der Waals surface area contributed by atoms with E-state index >= 15 is 0 Å². The number of aromatic nitrogens is 1. The minimum absolute atomic E-state index is 0.284. The van der Waals surface area contributed by atoms with Crippen molar-refractivity contribution in [3.05, 3.63) is 30.1 Å². The maximum atomic E-state index is 11.2. The first-order valence-corrected chi connectivity index (χ1v) is 6.07. The number of likely N-dealkylation sites (N-methyl/N-ethyl adjacent to an activating group) is 1. The molecule has 0 aliphatic rings. The van der Waals surface area contributed by atoms with Gasteiger partial charge in [-0.2, -0.15) is 0 Å². The van der Waals surface area contributed by atoms with Crippen LogP contribution in [0.4, 0.5) is 0 Å². The highest BCUT2D eigenvalue weighted by Crippen LogP contribution is 2.20. The van der Waals surface area contributed by atoms with E-state index in [2.05, 4.69) is 9.88 Å². The van der Waals surface area contributed by atoms with Gasteiger partial charge in [0.05, 0.1) is 5.41 Å². The Kier molecular flexibility index (Phi) is 5.09. The zero-order valence-corrected chi connectivity index (χ0v) is 11.4. The Morgan fingerprint density at radius 1 is 1.41 bits per heavy atom. The van der Waals surface area contributed by atoms with Gasteiger partial charge < -0.3 is 4.90 Å². The number of halogens is 1. The van der Waals surface area contributed by atoms with Crippen LogP contribution in [-0.4, -0.2) is 35.3 Å². The van der Waals surface area contributed by atoms with Gasteiger partial charge in [-0.1, -0.05) is 13.8 Å². The Hall–Kier alpha value is -0.930. The summed E-state index contributed by atoms with van der Waals surface area (Å²) in [6.45, 7) is 5.30. The minimum atomic E-state index is -0.492. The first kappa shape index (κ1) is 14.1. The summed E-state index contributed by atoms with van der Waals surface area (Å²) in [6, 6.07) is 4.01. The highest BCUT2D eigenvalue weighted by atomic mass is 35.5. The molecule has 0 saturated heterocycles. The van der Waals surface area contributed by atoms with Gasteiger partial charge in [-0.25, -0.2) is 0 Å². The largest absolute Gasteiger partial charge is 0.305 e. The van der Waals surface area contributed by atoms with E-state index in [1.807, 2.05) is 33.0 Å². The van der Waals surface area contributed by atoms with Crippen LogP contribution < -0.4 is 0 Å². The highest BCUT2D eigenvalue weighted by molar-refractivity contribution is 6.64. The average Bonchev–Trinajstić information content (AvgIpc) is 2.27. The number of pyridine rings is 1. The van der Waals surface area contributed by atoms with E-state index in [4.69, 9.17) is 11.6 Å². The summed E-state index contributed by atoms with van der Waals surface area (Å²) in [6.07, 6.45) is 4.54. The number of hydrogen-bond donors (Lipinski definition) is 0. The van der Waals surface area contributed by atoms with Crippen LogP contribution in [0.1, 0.15) is 19.4 Å². The van der Waals surface area contributed by atoms with Crippen LogP contribution in [0.15, 0.2) is 24.5 Å². The van der Waals surface area contributed by atoms with Crippen molar-refractivity contribution in [1.29, 1.82) is 0 Å². The van der Waals surface area contributed by atoms with Crippen LogP contribution in [0.2, 0.25) is 0 Å². The fraction of sp³-hybridized carbons (Fsp3) is 0.538. The molecule has 0 spiro atoms. The van der Waals surface area contributed by atoms with Crippen LogP contribution in [0.3, 0.4) is 0 Å². The van der Waals surface area contributed by atoms with Gasteiger partial charge >= 0.3 is 0 Å². The molecule has 0 aromatic carbocycles. The first-order chi connectivity index (χ1) is 7.92. The van der Waals surface area contributed by atoms with E-state index in [0.29, 0.717) is 6.54 Å². The van der Waals surface area contributed by atoms with Gasteiger partial charge in [0.25, 0.3) is 0 Å². The SMILES string of the molecule is CN(CCc1ccncc1)CC(C)(C)C(=O)Cl. The third-order valence-electron chi connectivity index (χ3n) is 2.73. The Labute approximate surface area is 108 Å². The molecule has 17 heavy (non-hydrogen) atoms. The molecule has 1 aromatic rings. The Morgan fingerprint density at radius 2 is 2.00 bits per heavy atom. The molecule has 0 unspecified atom stereocenters. The molecule has 94 valence electrons. The predicted octanol–water partition coefficient (Wildman–Crippen LogP) is 2.35. The fourth-order valence-electron chi connectivity index (χ4n) is 1.69. The Bertz CT molecular complexity index is 365. The Morgan fingerprint density at radius 3 is 2.53 bits per heavy atom. The smallest absolute Gasteiger partial charge is 0.228 e. The Balaban J connectivity index is 2.41. The molecule has 1 heterocycles. The van der Waals surface area contributed by atoms with E-state index < -0.39 is 5.41 Å². The fourth-order valence-corrected chi connectivity index (χ4v) is 1.75. The maximum Gasteiger partial charge on any atom is 0.228 e. The molecule has 0 aliphatic heterocycles. The lowest BCUT2D eigenvalue weighted by Gasteiger charge is -2.26. The summed E-state index contributed by atoms with van der Waals surface area (Å²) in [5, 5.41) is -0.284. The number of carbonyl (C=O) groups is 1. The maximum absolute atomic E-state index is 11.2. The molecule has 0 saturated carbocycles. The minimum Gasteiger partial charge on any atom is -0.305 e. The van der Waals surface area contributed by atoms with Crippen molar-refractivity contribution in [2.24, 2.45) is 5.41 Å². The predicted molar refractivity (Wildman–Crippen MR) is 70.1 cm³/mol. The van der Waals surface area contributed by atoms with Crippen LogP contribution >= 0.6 is 11.6 Å². The second-order valence-corrected chi connectivity index (χ2v) is 5.34. The molecule has 3 nitrogen and oxygen atoms in total. The van der Waals surface area contributed by atoms with Crippen LogP contribution in [-0.2, 0) is 11.2 Å². The summed E-state index contributed by atoms with van der Waals surface area (Å²) in [4.78, 5) is 17.3. The number of nitrogens with zero attached hydrogens (tertiary/aromatic N) is 2. The zero-order valence-electron chi connectivity index (χ0n) is 10.6. The molecule has 0 atom stereocenters. The van der Waals surface area contributed by atoms with Crippen molar-refractivity contribution >= 4 is 16.8 Å². The van der Waals surface area contributed by atoms with Crippen molar-refractivity contribution in [2.45, 2.75) is 20.3 Å². The van der Waals surface area contributed by atoms with Gasteiger partial charge in [-0.05, 0) is 42.8 Å². The van der Waals surface area contributed by atoms with E-state index in [-0.39, 0.29) is 5.24 Å². The van der Waals surface area contributed by atoms with Crippen molar-refractivity contribution in [2.75, 3.05) is 20.1 Å². The lowest BCUT2D eigenvalue weighted by Crippen LogP contribution is -2.36. The second kappa shape index (κ2) is 6.12. The lowest BCUT2D eigenvalue weighted by molar-refractivity contribution is -0.119. The molecular formula is C13H19ClN2O.